The van der Waals surface area contributed by atoms with Gasteiger partial charge in [-0.25, -0.2) is 4.98 Å². The van der Waals surface area contributed by atoms with E-state index in [0.29, 0.717) is 5.92 Å². The molecule has 0 amide bonds. The van der Waals surface area contributed by atoms with Gasteiger partial charge in [-0.1, -0.05) is 49.4 Å². The maximum absolute atomic E-state index is 6.41. The minimum absolute atomic E-state index is 0.491. The summed E-state index contributed by atoms with van der Waals surface area (Å²) in [5, 5.41) is 2.45. The fourth-order valence-electron chi connectivity index (χ4n) is 3.41. The summed E-state index contributed by atoms with van der Waals surface area (Å²) in [4.78, 5) is 4.89. The summed E-state index contributed by atoms with van der Waals surface area (Å²) in [5.74, 6) is 2.44. The Morgan fingerprint density at radius 3 is 2.81 bits per heavy atom. The summed E-state index contributed by atoms with van der Waals surface area (Å²) in [6.45, 7) is 3.23. The SMILES string of the molecule is CC1CCCn2c1nc(-c1cccc3ccccc13)c2N. The first-order valence-electron chi connectivity index (χ1n) is 7.59. The number of hydrogen-bond donors (Lipinski definition) is 1. The molecule has 1 unspecified atom stereocenters. The Morgan fingerprint density at radius 2 is 1.95 bits per heavy atom. The summed E-state index contributed by atoms with van der Waals surface area (Å²) >= 11 is 0. The van der Waals surface area contributed by atoms with Crippen LogP contribution in [-0.4, -0.2) is 9.55 Å². The van der Waals surface area contributed by atoms with Crippen LogP contribution >= 0.6 is 0 Å². The lowest BCUT2D eigenvalue weighted by molar-refractivity contribution is 0.467. The fourth-order valence-corrected chi connectivity index (χ4v) is 3.41. The first-order chi connectivity index (χ1) is 10.3. The highest BCUT2D eigenvalue weighted by Gasteiger charge is 2.24. The van der Waals surface area contributed by atoms with Crippen molar-refractivity contribution in [3.05, 3.63) is 48.3 Å². The van der Waals surface area contributed by atoms with Crippen LogP contribution in [0.2, 0.25) is 0 Å². The summed E-state index contributed by atoms with van der Waals surface area (Å²) in [6.07, 6.45) is 2.38. The highest BCUT2D eigenvalue weighted by Crippen LogP contribution is 2.36. The summed E-state index contributed by atoms with van der Waals surface area (Å²) in [5.41, 5.74) is 8.49. The van der Waals surface area contributed by atoms with E-state index in [1.807, 2.05) is 0 Å². The second kappa shape index (κ2) is 4.62. The lowest BCUT2D eigenvalue weighted by Gasteiger charge is -2.20. The standard InChI is InChI=1S/C18H19N3/c1-12-6-5-11-21-17(19)16(20-18(12)21)15-10-4-8-13-7-2-3-9-14(13)15/h2-4,7-10,12H,5-6,11,19H2,1H3. The molecule has 2 heterocycles. The van der Waals surface area contributed by atoms with Gasteiger partial charge in [0.15, 0.2) is 0 Å². The molecular formula is C18H19N3. The molecule has 0 saturated heterocycles. The molecule has 0 radical (unpaired) electrons. The van der Waals surface area contributed by atoms with Crippen molar-refractivity contribution < 1.29 is 0 Å². The molecule has 1 atom stereocenters. The average Bonchev–Trinajstić information content (AvgIpc) is 2.85. The Hall–Kier alpha value is -2.29. The van der Waals surface area contributed by atoms with Gasteiger partial charge in [-0.15, -0.1) is 0 Å². The van der Waals surface area contributed by atoms with Crippen LogP contribution in [0.15, 0.2) is 42.5 Å². The molecule has 0 bridgehead atoms. The zero-order chi connectivity index (χ0) is 14.4. The second-order valence-electron chi connectivity index (χ2n) is 5.93. The van der Waals surface area contributed by atoms with Crippen molar-refractivity contribution in [2.45, 2.75) is 32.2 Å². The Balaban J connectivity index is 1.98. The summed E-state index contributed by atoms with van der Waals surface area (Å²) < 4.78 is 2.20. The number of nitrogens with two attached hydrogens (primary N) is 1. The van der Waals surface area contributed by atoms with E-state index in [1.165, 1.54) is 23.6 Å². The van der Waals surface area contributed by atoms with Crippen LogP contribution in [-0.2, 0) is 6.54 Å². The molecule has 0 saturated carbocycles. The van der Waals surface area contributed by atoms with Gasteiger partial charge in [0.25, 0.3) is 0 Å². The Labute approximate surface area is 124 Å². The molecule has 3 aromatic rings. The largest absolute Gasteiger partial charge is 0.383 e. The monoisotopic (exact) mass is 277 g/mol. The van der Waals surface area contributed by atoms with Crippen LogP contribution in [0.3, 0.4) is 0 Å². The van der Waals surface area contributed by atoms with E-state index >= 15 is 0 Å². The maximum atomic E-state index is 6.41. The van der Waals surface area contributed by atoms with E-state index < -0.39 is 0 Å². The number of nitrogen functional groups attached to an aromatic ring is 1. The van der Waals surface area contributed by atoms with E-state index in [2.05, 4.69) is 54.0 Å². The van der Waals surface area contributed by atoms with Crippen molar-refractivity contribution in [3.8, 4) is 11.3 Å². The van der Waals surface area contributed by atoms with Crippen molar-refractivity contribution in [1.82, 2.24) is 9.55 Å². The van der Waals surface area contributed by atoms with Gasteiger partial charge in [0.2, 0.25) is 0 Å². The van der Waals surface area contributed by atoms with Crippen LogP contribution in [0.25, 0.3) is 22.0 Å². The highest BCUT2D eigenvalue weighted by atomic mass is 15.2. The minimum atomic E-state index is 0.491. The van der Waals surface area contributed by atoms with Gasteiger partial charge in [0.05, 0.1) is 0 Å². The molecule has 3 heteroatoms. The zero-order valence-electron chi connectivity index (χ0n) is 12.2. The third kappa shape index (κ3) is 1.84. The van der Waals surface area contributed by atoms with Gasteiger partial charge < -0.3 is 10.3 Å². The predicted octanol–water partition coefficient (Wildman–Crippen LogP) is 4.18. The molecule has 0 spiro atoms. The van der Waals surface area contributed by atoms with Crippen molar-refractivity contribution in [2.75, 3.05) is 5.73 Å². The Bertz CT molecular complexity index is 811. The number of aromatic nitrogens is 2. The molecule has 3 nitrogen and oxygen atoms in total. The van der Waals surface area contributed by atoms with E-state index in [-0.39, 0.29) is 0 Å². The topological polar surface area (TPSA) is 43.8 Å². The van der Waals surface area contributed by atoms with E-state index in [1.54, 1.807) is 0 Å². The minimum Gasteiger partial charge on any atom is -0.383 e. The number of benzene rings is 2. The van der Waals surface area contributed by atoms with Crippen molar-refractivity contribution in [3.63, 3.8) is 0 Å². The highest BCUT2D eigenvalue weighted by molar-refractivity contribution is 5.97. The normalized spacial score (nSPS) is 17.9. The average molecular weight is 277 g/mol. The fraction of sp³-hybridized carbons (Fsp3) is 0.278. The van der Waals surface area contributed by atoms with Crippen LogP contribution in [0.1, 0.15) is 31.5 Å². The molecular weight excluding hydrogens is 258 g/mol. The van der Waals surface area contributed by atoms with E-state index in [9.17, 15) is 0 Å². The molecule has 0 fully saturated rings. The molecule has 4 rings (SSSR count). The van der Waals surface area contributed by atoms with Crippen molar-refractivity contribution >= 4 is 16.6 Å². The van der Waals surface area contributed by atoms with Gasteiger partial charge >= 0.3 is 0 Å². The second-order valence-corrected chi connectivity index (χ2v) is 5.93. The molecule has 2 N–H and O–H groups in total. The molecule has 1 aromatic heterocycles. The van der Waals surface area contributed by atoms with Crippen LogP contribution in [0, 0.1) is 0 Å². The van der Waals surface area contributed by atoms with Gasteiger partial charge in [-0.05, 0) is 23.6 Å². The molecule has 1 aliphatic heterocycles. The Kier molecular flexibility index (Phi) is 2.74. The van der Waals surface area contributed by atoms with Crippen molar-refractivity contribution in [2.24, 2.45) is 0 Å². The molecule has 1 aliphatic rings. The number of fused-ring (bicyclic) bond motifs is 2. The quantitative estimate of drug-likeness (QED) is 0.725. The molecule has 106 valence electrons. The maximum Gasteiger partial charge on any atom is 0.131 e. The van der Waals surface area contributed by atoms with Gasteiger partial charge in [0.1, 0.15) is 17.3 Å². The van der Waals surface area contributed by atoms with E-state index in [0.717, 1.165) is 29.4 Å². The first-order valence-corrected chi connectivity index (χ1v) is 7.59. The zero-order valence-corrected chi connectivity index (χ0v) is 12.2. The van der Waals surface area contributed by atoms with Gasteiger partial charge in [0, 0.05) is 18.0 Å². The number of rotatable bonds is 1. The van der Waals surface area contributed by atoms with E-state index in [4.69, 9.17) is 10.7 Å². The third-order valence-corrected chi connectivity index (χ3v) is 4.54. The lowest BCUT2D eigenvalue weighted by atomic mass is 10.0. The van der Waals surface area contributed by atoms with Crippen LogP contribution in [0.4, 0.5) is 5.82 Å². The van der Waals surface area contributed by atoms with Crippen molar-refractivity contribution in [1.29, 1.82) is 0 Å². The van der Waals surface area contributed by atoms with Gasteiger partial charge in [-0.2, -0.15) is 0 Å². The van der Waals surface area contributed by atoms with Crippen LogP contribution < -0.4 is 5.73 Å². The number of anilines is 1. The van der Waals surface area contributed by atoms with Gasteiger partial charge in [-0.3, -0.25) is 0 Å². The molecule has 2 aromatic carbocycles. The number of hydrogen-bond acceptors (Lipinski definition) is 2. The summed E-state index contributed by atoms with van der Waals surface area (Å²) in [7, 11) is 0. The smallest absolute Gasteiger partial charge is 0.131 e. The Morgan fingerprint density at radius 1 is 1.14 bits per heavy atom. The number of nitrogens with zero attached hydrogens (tertiary/aromatic N) is 2. The molecule has 0 aliphatic carbocycles. The lowest BCUT2D eigenvalue weighted by Crippen LogP contribution is -2.15. The summed E-state index contributed by atoms with van der Waals surface area (Å²) in [6, 6.07) is 14.8. The third-order valence-electron chi connectivity index (χ3n) is 4.54. The first kappa shape index (κ1) is 12.5. The van der Waals surface area contributed by atoms with Crippen LogP contribution in [0.5, 0.6) is 0 Å². The predicted molar refractivity (Wildman–Crippen MR) is 87.2 cm³/mol. The molecule has 21 heavy (non-hydrogen) atoms. The number of imidazole rings is 1.